The van der Waals surface area contributed by atoms with E-state index in [9.17, 15) is 31.1 Å². The van der Waals surface area contributed by atoms with E-state index in [2.05, 4.69) is 15.6 Å². The molecule has 0 saturated carbocycles. The van der Waals surface area contributed by atoms with Crippen molar-refractivity contribution in [3.8, 4) is 0 Å². The first kappa shape index (κ1) is 40.7. The number of alkyl halides is 6. The summed E-state index contributed by atoms with van der Waals surface area (Å²) in [6, 6.07) is 8.03. The standard InChI is InChI=1S/C18H21F3N2O3.C13H13F3N2O.2CH4.ClH.H2/c1-17(2,3)25-16(24)23-9-7-11(8-10-23)14-12-5-4-6-13(18(19,20)21)15(12)26-22-14;14-13(15,16)10-3-1-2-9-11(18-19-12(9)10)8-4-6-17-7-5-8;;;;/h4-6,11H,7-10H2,1-3H3;1-3,8,17H,4-7H2;2*1H4;2*1H. The molecule has 0 radical (unpaired) electrons. The highest BCUT2D eigenvalue weighted by molar-refractivity contribution is 5.85. The van der Waals surface area contributed by atoms with Crippen molar-refractivity contribution in [3.63, 3.8) is 0 Å². The van der Waals surface area contributed by atoms with Crippen LogP contribution in [0, 0.1) is 0 Å². The molecule has 0 aliphatic carbocycles. The fraction of sp³-hybridized carbons (Fsp3) is 0.545. The highest BCUT2D eigenvalue weighted by Crippen LogP contribution is 2.40. The highest BCUT2D eigenvalue weighted by Gasteiger charge is 2.37. The van der Waals surface area contributed by atoms with E-state index in [1.165, 1.54) is 12.1 Å². The van der Waals surface area contributed by atoms with E-state index in [1.807, 2.05) is 0 Å². The van der Waals surface area contributed by atoms with Gasteiger partial charge in [-0.25, -0.2) is 4.79 Å². The Morgan fingerprint density at radius 2 is 1.21 bits per heavy atom. The van der Waals surface area contributed by atoms with Gasteiger partial charge in [0.1, 0.15) is 16.7 Å². The zero-order valence-electron chi connectivity index (χ0n) is 25.4. The molecule has 270 valence electrons. The molecule has 1 amide bonds. The van der Waals surface area contributed by atoms with E-state index in [4.69, 9.17) is 13.8 Å². The lowest BCUT2D eigenvalue weighted by atomic mass is 9.91. The molecule has 2 aliphatic rings. The molecule has 2 saturated heterocycles. The molecule has 4 aromatic rings. The molecule has 0 unspecified atom stereocenters. The lowest BCUT2D eigenvalue weighted by molar-refractivity contribution is -0.137. The number of nitrogens with zero attached hydrogens (tertiary/aromatic N) is 3. The number of para-hydroxylation sites is 2. The van der Waals surface area contributed by atoms with Crippen molar-refractivity contribution in [2.24, 2.45) is 0 Å². The molecule has 2 aliphatic heterocycles. The van der Waals surface area contributed by atoms with E-state index < -0.39 is 29.1 Å². The van der Waals surface area contributed by atoms with Crippen molar-refractivity contribution in [1.82, 2.24) is 20.5 Å². The predicted molar refractivity (Wildman–Crippen MR) is 175 cm³/mol. The number of carbonyl (C=O) groups is 1. The normalized spacial score (nSPS) is 16.3. The highest BCUT2D eigenvalue weighted by atomic mass is 35.5. The molecule has 6 rings (SSSR count). The van der Waals surface area contributed by atoms with Crippen molar-refractivity contribution < 1.29 is 46.3 Å². The molecule has 1 N–H and O–H groups in total. The molecule has 0 spiro atoms. The van der Waals surface area contributed by atoms with E-state index in [0.717, 1.165) is 38.1 Å². The van der Waals surface area contributed by atoms with Gasteiger partial charge in [0.25, 0.3) is 0 Å². The van der Waals surface area contributed by atoms with Gasteiger partial charge in [-0.05, 0) is 83.8 Å². The fourth-order valence-electron chi connectivity index (χ4n) is 5.75. The first-order chi connectivity index (χ1) is 21.1. The summed E-state index contributed by atoms with van der Waals surface area (Å²) in [5.41, 5.74) is -1.34. The van der Waals surface area contributed by atoms with Gasteiger partial charge in [0.2, 0.25) is 0 Å². The monoisotopic (exact) mass is 710 g/mol. The first-order valence-corrected chi connectivity index (χ1v) is 14.7. The summed E-state index contributed by atoms with van der Waals surface area (Å²) >= 11 is 0. The summed E-state index contributed by atoms with van der Waals surface area (Å²) in [5.74, 6) is 0.115. The average molecular weight is 711 g/mol. The smallest absolute Gasteiger partial charge is 0.420 e. The van der Waals surface area contributed by atoms with Crippen LogP contribution in [0.25, 0.3) is 21.9 Å². The number of hydrogen-bond donors (Lipinski definition) is 1. The maximum Gasteiger partial charge on any atom is 0.420 e. The zero-order chi connectivity index (χ0) is 32.6. The minimum absolute atomic E-state index is 0. The van der Waals surface area contributed by atoms with Gasteiger partial charge in [-0.3, -0.25) is 0 Å². The Hall–Kier alpha value is -3.52. The zero-order valence-corrected chi connectivity index (χ0v) is 26.2. The summed E-state index contributed by atoms with van der Waals surface area (Å²) in [7, 11) is 0. The lowest BCUT2D eigenvalue weighted by Crippen LogP contribution is -2.41. The summed E-state index contributed by atoms with van der Waals surface area (Å²) < 4.78 is 93.3. The van der Waals surface area contributed by atoms with Gasteiger partial charge in [-0.2, -0.15) is 26.3 Å². The molecule has 2 fully saturated rings. The summed E-state index contributed by atoms with van der Waals surface area (Å²) in [5, 5.41) is 11.9. The second-order valence-electron chi connectivity index (χ2n) is 12.3. The molecule has 48 heavy (non-hydrogen) atoms. The second-order valence-corrected chi connectivity index (χ2v) is 12.3. The number of hydrogen-bond acceptors (Lipinski definition) is 7. The first-order valence-electron chi connectivity index (χ1n) is 14.7. The van der Waals surface area contributed by atoms with Gasteiger partial charge in [-0.15, -0.1) is 12.4 Å². The Morgan fingerprint density at radius 1 is 0.792 bits per heavy atom. The van der Waals surface area contributed by atoms with Crippen LogP contribution < -0.4 is 5.32 Å². The topological polar surface area (TPSA) is 93.6 Å². The summed E-state index contributed by atoms with van der Waals surface area (Å²) in [6.45, 7) is 8.06. The number of piperidine rings is 2. The summed E-state index contributed by atoms with van der Waals surface area (Å²) in [6.07, 6.45) is -6.34. The number of likely N-dealkylation sites (tertiary alicyclic amines) is 1. The summed E-state index contributed by atoms with van der Waals surface area (Å²) in [4.78, 5) is 13.7. The number of rotatable bonds is 2. The maximum atomic E-state index is 13.1. The quantitative estimate of drug-likeness (QED) is 0.207. The van der Waals surface area contributed by atoms with Gasteiger partial charge >= 0.3 is 18.4 Å². The number of ether oxygens (including phenoxy) is 1. The van der Waals surface area contributed by atoms with Crippen LogP contribution in [0.5, 0.6) is 0 Å². The van der Waals surface area contributed by atoms with Crippen LogP contribution >= 0.6 is 12.4 Å². The Morgan fingerprint density at radius 3 is 1.60 bits per heavy atom. The largest absolute Gasteiger partial charge is 0.444 e. The SMILES string of the molecule is C.C.CC(C)(C)OC(=O)N1CCC(c2noc3c(C(F)(F)F)cccc23)CC1.Cl.FC(F)(F)c1cccc2c(C3CCNCC3)noc12.[HH]. The van der Waals surface area contributed by atoms with Crippen molar-refractivity contribution >= 4 is 40.4 Å². The van der Waals surface area contributed by atoms with Crippen LogP contribution in [0.4, 0.5) is 31.1 Å². The molecule has 4 heterocycles. The van der Waals surface area contributed by atoms with E-state index >= 15 is 0 Å². The third-order valence-electron chi connectivity index (χ3n) is 7.92. The van der Waals surface area contributed by atoms with Gasteiger partial charge in [-0.1, -0.05) is 37.3 Å². The number of carbonyl (C=O) groups excluding carboxylic acids is 1. The Labute approximate surface area is 283 Å². The fourth-order valence-corrected chi connectivity index (χ4v) is 5.75. The molecular formula is C33H45ClF6N4O4. The minimum Gasteiger partial charge on any atom is -0.444 e. The van der Waals surface area contributed by atoms with Crippen molar-refractivity contribution in [2.45, 2.75) is 91.1 Å². The minimum atomic E-state index is -4.49. The van der Waals surface area contributed by atoms with Gasteiger partial charge in [0.05, 0.1) is 11.4 Å². The average Bonchev–Trinajstić information content (AvgIpc) is 3.61. The number of aromatic nitrogens is 2. The molecule has 0 atom stereocenters. The second kappa shape index (κ2) is 15.8. The van der Waals surface area contributed by atoms with E-state index in [0.29, 0.717) is 48.1 Å². The van der Waals surface area contributed by atoms with E-state index in [-0.39, 0.29) is 57.8 Å². The van der Waals surface area contributed by atoms with Crippen LogP contribution in [0.1, 0.15) is 97.1 Å². The maximum absolute atomic E-state index is 13.1. The van der Waals surface area contributed by atoms with Crippen LogP contribution in [0.15, 0.2) is 45.4 Å². The molecule has 2 aromatic heterocycles. The van der Waals surface area contributed by atoms with Crippen molar-refractivity contribution in [1.29, 1.82) is 0 Å². The van der Waals surface area contributed by atoms with Crippen LogP contribution in [0.3, 0.4) is 0 Å². The van der Waals surface area contributed by atoms with Crippen LogP contribution in [-0.2, 0) is 17.1 Å². The Bertz CT molecular complexity index is 1640. The molecule has 15 heteroatoms. The molecule has 8 nitrogen and oxygen atoms in total. The number of halogens is 7. The van der Waals surface area contributed by atoms with Gasteiger partial charge < -0.3 is 24.0 Å². The predicted octanol–water partition coefficient (Wildman–Crippen LogP) is 10.2. The van der Waals surface area contributed by atoms with Gasteiger partial charge in [0.15, 0.2) is 11.2 Å². The molecule has 2 aromatic carbocycles. The Kier molecular flexibility index (Phi) is 13.4. The molecular weight excluding hydrogens is 666 g/mol. The number of fused-ring (bicyclic) bond motifs is 2. The van der Waals surface area contributed by atoms with Crippen LogP contribution in [0.2, 0.25) is 0 Å². The van der Waals surface area contributed by atoms with E-state index in [1.54, 1.807) is 37.8 Å². The number of amides is 1. The van der Waals surface area contributed by atoms with Crippen LogP contribution in [-0.4, -0.2) is 53.1 Å². The lowest BCUT2D eigenvalue weighted by Gasteiger charge is -2.32. The van der Waals surface area contributed by atoms with Crippen molar-refractivity contribution in [3.05, 3.63) is 58.9 Å². The third-order valence-corrected chi connectivity index (χ3v) is 7.92. The third kappa shape index (κ3) is 9.13. The Balaban J connectivity index is 0.000000470. The number of nitrogens with one attached hydrogen (secondary N) is 1. The van der Waals surface area contributed by atoms with Crippen molar-refractivity contribution in [2.75, 3.05) is 26.2 Å². The van der Waals surface area contributed by atoms with Gasteiger partial charge in [0, 0.05) is 37.1 Å². The number of benzene rings is 2. The molecule has 0 bridgehead atoms.